The number of hydrogen-bond acceptors (Lipinski definition) is 3. The second kappa shape index (κ2) is 7.07. The molecule has 3 nitrogen and oxygen atoms in total. The van der Waals surface area contributed by atoms with Crippen molar-refractivity contribution in [3.05, 3.63) is 23.8 Å². The molecular weight excluding hydrogens is 250 g/mol. The topological polar surface area (TPSA) is 52.3 Å². The quantitative estimate of drug-likeness (QED) is 0.570. The molecule has 114 valence electrons. The van der Waals surface area contributed by atoms with Crippen molar-refractivity contribution >= 4 is 5.97 Å². The summed E-state index contributed by atoms with van der Waals surface area (Å²) in [5.41, 5.74) is 6.12. The largest absolute Gasteiger partial charge is 0.465 e. The zero-order chi connectivity index (χ0) is 15.2. The van der Waals surface area contributed by atoms with Gasteiger partial charge in [-0.25, -0.2) is 0 Å². The van der Waals surface area contributed by atoms with E-state index in [1.807, 2.05) is 39.0 Å². The van der Waals surface area contributed by atoms with Gasteiger partial charge in [0.1, 0.15) is 5.41 Å². The molecule has 3 heteroatoms. The fourth-order valence-corrected chi connectivity index (χ4v) is 2.63. The van der Waals surface area contributed by atoms with Crippen molar-refractivity contribution in [2.24, 2.45) is 11.1 Å². The van der Waals surface area contributed by atoms with Crippen molar-refractivity contribution in [2.45, 2.75) is 65.3 Å². The predicted octanol–water partition coefficient (Wildman–Crippen LogP) is 3.74. The average Bonchev–Trinajstić information content (AvgIpc) is 2.42. The van der Waals surface area contributed by atoms with E-state index in [1.54, 1.807) is 0 Å². The summed E-state index contributed by atoms with van der Waals surface area (Å²) < 4.78 is 5.46. The molecule has 0 bridgehead atoms. The number of carbonyl (C=O) groups excluding carboxylic acids is 1. The number of allylic oxidation sites excluding steroid dienone is 2. The number of rotatable bonds is 7. The maximum atomic E-state index is 12.5. The van der Waals surface area contributed by atoms with Crippen LogP contribution in [0.1, 0.15) is 59.8 Å². The summed E-state index contributed by atoms with van der Waals surface area (Å²) in [6, 6.07) is 0. The molecule has 0 amide bonds. The Hall–Kier alpha value is -1.09. The van der Waals surface area contributed by atoms with Crippen LogP contribution in [-0.4, -0.2) is 18.1 Å². The van der Waals surface area contributed by atoms with E-state index in [2.05, 4.69) is 6.92 Å². The minimum atomic E-state index is -0.772. The van der Waals surface area contributed by atoms with E-state index in [1.165, 1.54) is 12.8 Å². The summed E-state index contributed by atoms with van der Waals surface area (Å²) in [5.74, 6) is -0.210. The highest BCUT2D eigenvalue weighted by Gasteiger charge is 2.49. The minimum Gasteiger partial charge on any atom is -0.465 e. The Morgan fingerprint density at radius 2 is 2.00 bits per heavy atom. The number of nitrogens with two attached hydrogens (primary N) is 1. The van der Waals surface area contributed by atoms with Crippen molar-refractivity contribution in [3.63, 3.8) is 0 Å². The molecular formula is C17H29NO2. The molecule has 0 saturated carbocycles. The van der Waals surface area contributed by atoms with E-state index in [-0.39, 0.29) is 5.97 Å². The van der Waals surface area contributed by atoms with Crippen LogP contribution in [0.3, 0.4) is 0 Å². The van der Waals surface area contributed by atoms with Crippen LogP contribution in [0.5, 0.6) is 0 Å². The molecule has 2 unspecified atom stereocenters. The van der Waals surface area contributed by atoms with E-state index in [9.17, 15) is 4.79 Å². The monoisotopic (exact) mass is 279 g/mol. The number of hydrogen-bond donors (Lipinski definition) is 1. The molecule has 0 heterocycles. The van der Waals surface area contributed by atoms with Crippen LogP contribution in [0.15, 0.2) is 23.8 Å². The third-order valence-corrected chi connectivity index (χ3v) is 4.37. The van der Waals surface area contributed by atoms with Gasteiger partial charge in [-0.05, 0) is 26.7 Å². The van der Waals surface area contributed by atoms with Crippen molar-refractivity contribution in [3.8, 4) is 0 Å². The van der Waals surface area contributed by atoms with Gasteiger partial charge in [0.05, 0.1) is 12.1 Å². The van der Waals surface area contributed by atoms with Crippen LogP contribution >= 0.6 is 0 Å². The Morgan fingerprint density at radius 3 is 2.60 bits per heavy atom. The van der Waals surface area contributed by atoms with Crippen LogP contribution in [0, 0.1) is 5.41 Å². The summed E-state index contributed by atoms with van der Waals surface area (Å²) >= 11 is 0. The van der Waals surface area contributed by atoms with Gasteiger partial charge in [0, 0.05) is 0 Å². The zero-order valence-electron chi connectivity index (χ0n) is 13.4. The minimum absolute atomic E-state index is 0.210. The molecule has 0 aromatic heterocycles. The van der Waals surface area contributed by atoms with Crippen LogP contribution in [0.2, 0.25) is 0 Å². The number of ether oxygens (including phenoxy) is 1. The molecule has 0 saturated heterocycles. The fraction of sp³-hybridized carbons (Fsp3) is 0.706. The first kappa shape index (κ1) is 17.0. The first-order valence-corrected chi connectivity index (χ1v) is 7.74. The van der Waals surface area contributed by atoms with E-state index >= 15 is 0 Å². The third kappa shape index (κ3) is 3.51. The van der Waals surface area contributed by atoms with E-state index < -0.39 is 11.0 Å². The number of esters is 1. The Morgan fingerprint density at radius 1 is 1.30 bits per heavy atom. The van der Waals surface area contributed by atoms with Crippen LogP contribution in [-0.2, 0) is 9.53 Å². The average molecular weight is 279 g/mol. The van der Waals surface area contributed by atoms with Gasteiger partial charge in [-0.2, -0.15) is 0 Å². The standard InChI is InChI=1S/C17H29NO2/c1-5-7-8-9-12-20-15(19)16(4)11-10-14(3)13-17(16,18)6-2/h10-11,13H,5-9,12,18H2,1-4H3. The van der Waals surface area contributed by atoms with Crippen LogP contribution < -0.4 is 5.73 Å². The highest BCUT2D eigenvalue weighted by molar-refractivity contribution is 5.82. The lowest BCUT2D eigenvalue weighted by molar-refractivity contribution is -0.155. The van der Waals surface area contributed by atoms with Crippen molar-refractivity contribution in [1.82, 2.24) is 0 Å². The normalized spacial score (nSPS) is 29.1. The first-order chi connectivity index (χ1) is 9.39. The fourth-order valence-electron chi connectivity index (χ4n) is 2.63. The van der Waals surface area contributed by atoms with Gasteiger partial charge in [-0.15, -0.1) is 0 Å². The smallest absolute Gasteiger partial charge is 0.317 e. The Bertz CT molecular complexity index is 400. The molecule has 0 radical (unpaired) electrons. The van der Waals surface area contributed by atoms with Gasteiger partial charge < -0.3 is 10.5 Å². The Labute approximate surface area is 123 Å². The van der Waals surface area contributed by atoms with Crippen molar-refractivity contribution < 1.29 is 9.53 Å². The summed E-state index contributed by atoms with van der Waals surface area (Å²) in [6.07, 6.45) is 11.0. The summed E-state index contributed by atoms with van der Waals surface area (Å²) in [7, 11) is 0. The molecule has 1 aliphatic rings. The molecule has 1 aliphatic carbocycles. The maximum Gasteiger partial charge on any atom is 0.317 e. The number of carbonyl (C=O) groups is 1. The SMILES string of the molecule is CCCCCCOC(=O)C1(C)C=CC(C)=CC1(N)CC. The third-order valence-electron chi connectivity index (χ3n) is 4.37. The molecule has 0 aliphatic heterocycles. The van der Waals surface area contributed by atoms with Gasteiger partial charge >= 0.3 is 5.97 Å². The molecule has 1 rings (SSSR count). The lowest BCUT2D eigenvalue weighted by Crippen LogP contribution is -2.57. The molecule has 0 fully saturated rings. The highest BCUT2D eigenvalue weighted by atomic mass is 16.5. The summed E-state index contributed by atoms with van der Waals surface area (Å²) in [5, 5.41) is 0. The lowest BCUT2D eigenvalue weighted by Gasteiger charge is -2.42. The van der Waals surface area contributed by atoms with Gasteiger partial charge in [0.25, 0.3) is 0 Å². The van der Waals surface area contributed by atoms with Crippen molar-refractivity contribution in [2.75, 3.05) is 6.61 Å². The molecule has 2 atom stereocenters. The van der Waals surface area contributed by atoms with E-state index in [0.717, 1.165) is 18.4 Å². The Balaban J connectivity index is 2.67. The molecule has 0 aromatic carbocycles. The number of unbranched alkanes of at least 4 members (excludes halogenated alkanes) is 3. The molecule has 0 spiro atoms. The molecule has 20 heavy (non-hydrogen) atoms. The second-order valence-electron chi connectivity index (χ2n) is 6.01. The molecule has 2 N–H and O–H groups in total. The summed E-state index contributed by atoms with van der Waals surface area (Å²) in [4.78, 5) is 12.5. The maximum absolute atomic E-state index is 12.5. The van der Waals surface area contributed by atoms with Crippen LogP contribution in [0.25, 0.3) is 0 Å². The van der Waals surface area contributed by atoms with Gasteiger partial charge in [0.2, 0.25) is 0 Å². The van der Waals surface area contributed by atoms with E-state index in [0.29, 0.717) is 13.0 Å². The summed E-state index contributed by atoms with van der Waals surface area (Å²) in [6.45, 7) is 8.55. The highest BCUT2D eigenvalue weighted by Crippen LogP contribution is 2.40. The van der Waals surface area contributed by atoms with Crippen LogP contribution in [0.4, 0.5) is 0 Å². The Kier molecular flexibility index (Phi) is 6.00. The second-order valence-corrected chi connectivity index (χ2v) is 6.01. The van der Waals surface area contributed by atoms with Gasteiger partial charge in [-0.1, -0.05) is 56.9 Å². The first-order valence-electron chi connectivity index (χ1n) is 7.74. The van der Waals surface area contributed by atoms with E-state index in [4.69, 9.17) is 10.5 Å². The zero-order valence-corrected chi connectivity index (χ0v) is 13.4. The predicted molar refractivity (Wildman–Crippen MR) is 83.3 cm³/mol. The lowest BCUT2D eigenvalue weighted by atomic mass is 9.66. The van der Waals surface area contributed by atoms with Gasteiger partial charge in [0.15, 0.2) is 0 Å². The van der Waals surface area contributed by atoms with Gasteiger partial charge in [-0.3, -0.25) is 4.79 Å². The molecule has 0 aromatic rings. The van der Waals surface area contributed by atoms with Crippen molar-refractivity contribution in [1.29, 1.82) is 0 Å².